The van der Waals surface area contributed by atoms with E-state index < -0.39 is 5.97 Å². The Balaban J connectivity index is 2.44. The number of rotatable bonds is 2. The summed E-state index contributed by atoms with van der Waals surface area (Å²) in [6.45, 7) is 0. The Hall–Kier alpha value is -1.68. The standard InChI is InChI=1S/C12H8BrNO2/c13-9-6-4-8(5-7-9)10-2-1-3-11(14-10)12(15)16/h1-7H,(H,15,16). The molecule has 0 radical (unpaired) electrons. The molecule has 0 spiro atoms. The first-order valence-corrected chi connectivity index (χ1v) is 5.42. The van der Waals surface area contributed by atoms with Gasteiger partial charge in [-0.25, -0.2) is 9.78 Å². The van der Waals surface area contributed by atoms with Gasteiger partial charge in [-0.05, 0) is 24.3 Å². The molecule has 80 valence electrons. The van der Waals surface area contributed by atoms with E-state index in [4.69, 9.17) is 5.11 Å². The second-order valence-corrected chi connectivity index (χ2v) is 4.14. The quantitative estimate of drug-likeness (QED) is 0.917. The minimum Gasteiger partial charge on any atom is -0.477 e. The highest BCUT2D eigenvalue weighted by Crippen LogP contribution is 2.20. The number of hydrogen-bond donors (Lipinski definition) is 1. The molecule has 0 atom stereocenters. The fourth-order valence-electron chi connectivity index (χ4n) is 1.34. The minimum absolute atomic E-state index is 0.0559. The monoisotopic (exact) mass is 277 g/mol. The first-order chi connectivity index (χ1) is 7.66. The van der Waals surface area contributed by atoms with Gasteiger partial charge in [0.25, 0.3) is 0 Å². The first kappa shape index (κ1) is 10.8. The van der Waals surface area contributed by atoms with E-state index in [1.165, 1.54) is 6.07 Å². The van der Waals surface area contributed by atoms with Crippen molar-refractivity contribution in [1.82, 2.24) is 4.98 Å². The number of halogens is 1. The van der Waals surface area contributed by atoms with Gasteiger partial charge in [0, 0.05) is 10.0 Å². The number of carboxylic acids is 1. The number of carboxylic acid groups (broad SMARTS) is 1. The van der Waals surface area contributed by atoms with Gasteiger partial charge in [-0.15, -0.1) is 0 Å². The molecule has 0 amide bonds. The molecule has 16 heavy (non-hydrogen) atoms. The average molecular weight is 278 g/mol. The second-order valence-electron chi connectivity index (χ2n) is 3.22. The fourth-order valence-corrected chi connectivity index (χ4v) is 1.60. The van der Waals surface area contributed by atoms with E-state index in [9.17, 15) is 4.79 Å². The lowest BCUT2D eigenvalue weighted by Gasteiger charge is -2.02. The smallest absolute Gasteiger partial charge is 0.354 e. The molecular formula is C12H8BrNO2. The third-order valence-corrected chi connectivity index (χ3v) is 2.64. The van der Waals surface area contributed by atoms with Crippen LogP contribution in [0.2, 0.25) is 0 Å². The number of pyridine rings is 1. The average Bonchev–Trinajstić information content (AvgIpc) is 2.30. The van der Waals surface area contributed by atoms with Crippen molar-refractivity contribution in [3.8, 4) is 11.3 Å². The van der Waals surface area contributed by atoms with Gasteiger partial charge in [0.15, 0.2) is 0 Å². The maximum absolute atomic E-state index is 10.8. The Morgan fingerprint density at radius 1 is 1.12 bits per heavy atom. The zero-order valence-corrected chi connectivity index (χ0v) is 9.81. The molecule has 0 unspecified atom stereocenters. The van der Waals surface area contributed by atoms with Crippen molar-refractivity contribution in [2.24, 2.45) is 0 Å². The van der Waals surface area contributed by atoms with Crippen LogP contribution in [0.5, 0.6) is 0 Å². The summed E-state index contributed by atoms with van der Waals surface area (Å²) in [6, 6.07) is 12.5. The fraction of sp³-hybridized carbons (Fsp3) is 0. The van der Waals surface area contributed by atoms with Crippen LogP contribution in [0.3, 0.4) is 0 Å². The third-order valence-electron chi connectivity index (χ3n) is 2.11. The number of aromatic carboxylic acids is 1. The van der Waals surface area contributed by atoms with Gasteiger partial charge in [-0.1, -0.05) is 34.1 Å². The van der Waals surface area contributed by atoms with Crippen molar-refractivity contribution in [3.05, 3.63) is 52.6 Å². The van der Waals surface area contributed by atoms with Crippen molar-refractivity contribution >= 4 is 21.9 Å². The molecular weight excluding hydrogens is 270 g/mol. The highest BCUT2D eigenvalue weighted by Gasteiger charge is 2.06. The summed E-state index contributed by atoms with van der Waals surface area (Å²) in [5, 5.41) is 8.83. The number of aromatic nitrogens is 1. The second kappa shape index (κ2) is 4.45. The van der Waals surface area contributed by atoms with Crippen LogP contribution < -0.4 is 0 Å². The van der Waals surface area contributed by atoms with E-state index in [0.717, 1.165) is 10.0 Å². The van der Waals surface area contributed by atoms with E-state index in [1.54, 1.807) is 12.1 Å². The minimum atomic E-state index is -1.01. The molecule has 1 N–H and O–H groups in total. The van der Waals surface area contributed by atoms with E-state index in [-0.39, 0.29) is 5.69 Å². The lowest BCUT2D eigenvalue weighted by atomic mass is 10.1. The van der Waals surface area contributed by atoms with Crippen molar-refractivity contribution in [2.45, 2.75) is 0 Å². The topological polar surface area (TPSA) is 50.2 Å². The Labute approximate surface area is 101 Å². The molecule has 1 heterocycles. The van der Waals surface area contributed by atoms with E-state index >= 15 is 0 Å². The molecule has 0 saturated heterocycles. The SMILES string of the molecule is O=C(O)c1cccc(-c2ccc(Br)cc2)n1. The van der Waals surface area contributed by atoms with Gasteiger partial charge in [0.2, 0.25) is 0 Å². The predicted octanol–water partition coefficient (Wildman–Crippen LogP) is 3.21. The molecule has 0 fully saturated rings. The number of nitrogens with zero attached hydrogens (tertiary/aromatic N) is 1. The lowest BCUT2D eigenvalue weighted by molar-refractivity contribution is 0.0690. The molecule has 4 heteroatoms. The van der Waals surface area contributed by atoms with Crippen LogP contribution in [0, 0.1) is 0 Å². The predicted molar refractivity (Wildman–Crippen MR) is 64.3 cm³/mol. The van der Waals surface area contributed by atoms with Crippen LogP contribution in [-0.4, -0.2) is 16.1 Å². The van der Waals surface area contributed by atoms with E-state index in [0.29, 0.717) is 5.69 Å². The zero-order chi connectivity index (χ0) is 11.5. The molecule has 0 aliphatic carbocycles. The van der Waals surface area contributed by atoms with Crippen LogP contribution in [0.25, 0.3) is 11.3 Å². The molecule has 3 nitrogen and oxygen atoms in total. The van der Waals surface area contributed by atoms with Crippen molar-refractivity contribution < 1.29 is 9.90 Å². The highest BCUT2D eigenvalue weighted by atomic mass is 79.9. The Morgan fingerprint density at radius 3 is 2.44 bits per heavy atom. The summed E-state index contributed by atoms with van der Waals surface area (Å²) >= 11 is 3.34. The summed E-state index contributed by atoms with van der Waals surface area (Å²) in [7, 11) is 0. The van der Waals surface area contributed by atoms with E-state index in [1.807, 2.05) is 24.3 Å². The normalized spacial score (nSPS) is 10.1. The lowest BCUT2D eigenvalue weighted by Crippen LogP contribution is -2.00. The van der Waals surface area contributed by atoms with Gasteiger partial charge in [-0.3, -0.25) is 0 Å². The van der Waals surface area contributed by atoms with Crippen molar-refractivity contribution in [1.29, 1.82) is 0 Å². The molecule has 0 aliphatic rings. The highest BCUT2D eigenvalue weighted by molar-refractivity contribution is 9.10. The summed E-state index contributed by atoms with van der Waals surface area (Å²) in [5.41, 5.74) is 1.61. The molecule has 1 aromatic carbocycles. The van der Waals surface area contributed by atoms with Gasteiger partial charge in [-0.2, -0.15) is 0 Å². The van der Waals surface area contributed by atoms with E-state index in [2.05, 4.69) is 20.9 Å². The largest absolute Gasteiger partial charge is 0.477 e. The zero-order valence-electron chi connectivity index (χ0n) is 8.22. The van der Waals surface area contributed by atoms with Crippen LogP contribution >= 0.6 is 15.9 Å². The van der Waals surface area contributed by atoms with Crippen LogP contribution in [0.15, 0.2) is 46.9 Å². The molecule has 0 bridgehead atoms. The number of benzene rings is 1. The number of carbonyl (C=O) groups is 1. The summed E-state index contributed by atoms with van der Waals surface area (Å²) < 4.78 is 0.977. The molecule has 0 saturated carbocycles. The van der Waals surface area contributed by atoms with Gasteiger partial charge in [0.1, 0.15) is 5.69 Å². The third kappa shape index (κ3) is 2.28. The summed E-state index contributed by atoms with van der Waals surface area (Å²) in [4.78, 5) is 14.8. The Kier molecular flexibility index (Phi) is 3.01. The Bertz CT molecular complexity index is 523. The van der Waals surface area contributed by atoms with Crippen molar-refractivity contribution in [2.75, 3.05) is 0 Å². The first-order valence-electron chi connectivity index (χ1n) is 4.63. The molecule has 2 rings (SSSR count). The summed E-state index contributed by atoms with van der Waals surface area (Å²) in [5.74, 6) is -1.01. The maximum Gasteiger partial charge on any atom is 0.354 e. The van der Waals surface area contributed by atoms with Crippen LogP contribution in [-0.2, 0) is 0 Å². The van der Waals surface area contributed by atoms with Gasteiger partial charge >= 0.3 is 5.97 Å². The van der Waals surface area contributed by atoms with Gasteiger partial charge in [0.05, 0.1) is 5.69 Å². The summed E-state index contributed by atoms with van der Waals surface area (Å²) in [6.07, 6.45) is 0. The van der Waals surface area contributed by atoms with Crippen LogP contribution in [0.1, 0.15) is 10.5 Å². The molecule has 0 aliphatic heterocycles. The van der Waals surface area contributed by atoms with Gasteiger partial charge < -0.3 is 5.11 Å². The maximum atomic E-state index is 10.8. The Morgan fingerprint density at radius 2 is 1.81 bits per heavy atom. The number of hydrogen-bond acceptors (Lipinski definition) is 2. The molecule has 1 aromatic heterocycles. The van der Waals surface area contributed by atoms with Crippen molar-refractivity contribution in [3.63, 3.8) is 0 Å². The van der Waals surface area contributed by atoms with Crippen LogP contribution in [0.4, 0.5) is 0 Å². The molecule has 2 aromatic rings.